The number of nitrogens with zero attached hydrogens (tertiary/aromatic N) is 4. The summed E-state index contributed by atoms with van der Waals surface area (Å²) in [6.45, 7) is 1.28. The quantitative estimate of drug-likeness (QED) is 0.373. The third-order valence-electron chi connectivity index (χ3n) is 6.59. The van der Waals surface area contributed by atoms with Crippen molar-refractivity contribution in [3.8, 4) is 11.4 Å². The summed E-state index contributed by atoms with van der Waals surface area (Å²) in [6.07, 6.45) is 2.74. The molecule has 1 amide bonds. The molecule has 4 aromatic rings. The number of hydrogen-bond donors (Lipinski definition) is 2. The molecular formula is C27H26F2N6O3S. The number of benzene rings is 1. The van der Waals surface area contributed by atoms with Gasteiger partial charge in [-0.3, -0.25) is 9.78 Å². The molecule has 1 aromatic carbocycles. The fourth-order valence-electron chi connectivity index (χ4n) is 4.43. The van der Waals surface area contributed by atoms with E-state index in [2.05, 4.69) is 20.3 Å². The summed E-state index contributed by atoms with van der Waals surface area (Å²) in [6, 6.07) is 13.8. The highest BCUT2D eigenvalue weighted by molar-refractivity contribution is 7.90. The Morgan fingerprint density at radius 1 is 1.13 bits per heavy atom. The third-order valence-corrected chi connectivity index (χ3v) is 7.83. The molecule has 0 spiro atoms. The van der Waals surface area contributed by atoms with Crippen LogP contribution in [0.1, 0.15) is 21.6 Å². The maximum atomic E-state index is 13.9. The molecule has 202 valence electrons. The Bertz CT molecular complexity index is 1700. The standard InChI is InChI=1S/C27H26F2N6O3S/c1-16-6-7-17(10-23(16)39(2,37)38)26(36)32-13-19-11-22-18(12-31-19)8-9-21(33-22)20-4-3-5-25(34-20)35-14-24(30)27(28,29)15-35/h3-12,24H,13-15,30H2,1-2H3,(H,32,36)/t24-/m0/s1. The van der Waals surface area contributed by atoms with E-state index in [1.54, 1.807) is 55.6 Å². The van der Waals surface area contributed by atoms with Crippen LogP contribution in [0.5, 0.6) is 0 Å². The summed E-state index contributed by atoms with van der Waals surface area (Å²) >= 11 is 0. The lowest BCUT2D eigenvalue weighted by molar-refractivity contribution is 0.00962. The van der Waals surface area contributed by atoms with Gasteiger partial charge in [-0.15, -0.1) is 0 Å². The van der Waals surface area contributed by atoms with Crippen LogP contribution in [-0.4, -0.2) is 60.6 Å². The molecule has 39 heavy (non-hydrogen) atoms. The van der Waals surface area contributed by atoms with Crippen LogP contribution >= 0.6 is 0 Å². The van der Waals surface area contributed by atoms with Crippen LogP contribution in [0, 0.1) is 6.92 Å². The number of rotatable bonds is 6. The zero-order chi connectivity index (χ0) is 27.9. The molecule has 3 aromatic heterocycles. The van der Waals surface area contributed by atoms with Crippen molar-refractivity contribution < 1.29 is 22.0 Å². The number of fused-ring (bicyclic) bond motifs is 1. The van der Waals surface area contributed by atoms with Crippen molar-refractivity contribution in [3.63, 3.8) is 0 Å². The highest BCUT2D eigenvalue weighted by atomic mass is 32.2. The van der Waals surface area contributed by atoms with Crippen LogP contribution in [-0.2, 0) is 16.4 Å². The van der Waals surface area contributed by atoms with Gasteiger partial charge in [0.1, 0.15) is 5.82 Å². The van der Waals surface area contributed by atoms with E-state index < -0.39 is 34.3 Å². The highest BCUT2D eigenvalue weighted by Gasteiger charge is 2.46. The molecule has 0 bridgehead atoms. The van der Waals surface area contributed by atoms with Crippen molar-refractivity contribution >= 4 is 32.5 Å². The first-order valence-corrected chi connectivity index (χ1v) is 14.0. The van der Waals surface area contributed by atoms with Gasteiger partial charge in [-0.1, -0.05) is 12.1 Å². The van der Waals surface area contributed by atoms with E-state index in [1.807, 2.05) is 6.07 Å². The number of sulfone groups is 1. The van der Waals surface area contributed by atoms with Crippen molar-refractivity contribution in [2.24, 2.45) is 5.73 Å². The van der Waals surface area contributed by atoms with Gasteiger partial charge in [-0.2, -0.15) is 0 Å². The lowest BCUT2D eigenvalue weighted by Crippen LogP contribution is -2.38. The molecule has 1 fully saturated rings. The first kappa shape index (κ1) is 26.6. The van der Waals surface area contributed by atoms with Crippen LogP contribution in [0.4, 0.5) is 14.6 Å². The van der Waals surface area contributed by atoms with E-state index in [1.165, 1.54) is 11.0 Å². The smallest absolute Gasteiger partial charge is 0.281 e. The Hall–Kier alpha value is -4.03. The summed E-state index contributed by atoms with van der Waals surface area (Å²) < 4.78 is 51.9. The van der Waals surface area contributed by atoms with Gasteiger partial charge in [-0.05, 0) is 55.0 Å². The predicted octanol–water partition coefficient (Wildman–Crippen LogP) is 3.12. The number of aromatic nitrogens is 3. The maximum Gasteiger partial charge on any atom is 0.281 e. The van der Waals surface area contributed by atoms with Crippen molar-refractivity contribution in [1.82, 2.24) is 20.3 Å². The van der Waals surface area contributed by atoms with E-state index in [4.69, 9.17) is 5.73 Å². The molecule has 3 N–H and O–H groups in total. The Morgan fingerprint density at radius 2 is 1.90 bits per heavy atom. The van der Waals surface area contributed by atoms with Gasteiger partial charge in [0.05, 0.1) is 46.6 Å². The molecule has 1 atom stereocenters. The minimum absolute atomic E-state index is 0.00745. The molecule has 4 heterocycles. The Morgan fingerprint density at radius 3 is 2.62 bits per heavy atom. The Kier molecular flexibility index (Phi) is 6.77. The third kappa shape index (κ3) is 5.57. The number of pyridine rings is 3. The van der Waals surface area contributed by atoms with Gasteiger partial charge >= 0.3 is 0 Å². The number of alkyl halides is 2. The van der Waals surface area contributed by atoms with Crippen molar-refractivity contribution in [2.75, 3.05) is 24.2 Å². The van der Waals surface area contributed by atoms with E-state index in [-0.39, 0.29) is 23.5 Å². The summed E-state index contributed by atoms with van der Waals surface area (Å²) in [5.41, 5.74) is 8.60. The van der Waals surface area contributed by atoms with Crippen molar-refractivity contribution in [3.05, 3.63) is 77.6 Å². The Balaban J connectivity index is 1.34. The zero-order valence-electron chi connectivity index (χ0n) is 21.2. The van der Waals surface area contributed by atoms with E-state index >= 15 is 0 Å². The van der Waals surface area contributed by atoms with Gasteiger partial charge in [0, 0.05) is 29.9 Å². The second kappa shape index (κ2) is 9.93. The van der Waals surface area contributed by atoms with E-state index in [0.29, 0.717) is 34.0 Å². The minimum atomic E-state index is -3.47. The second-order valence-electron chi connectivity index (χ2n) is 9.63. The van der Waals surface area contributed by atoms with E-state index in [9.17, 15) is 22.0 Å². The van der Waals surface area contributed by atoms with Gasteiger partial charge in [0.25, 0.3) is 11.8 Å². The zero-order valence-corrected chi connectivity index (χ0v) is 22.0. The molecule has 9 nitrogen and oxygen atoms in total. The van der Waals surface area contributed by atoms with Crippen LogP contribution in [0.2, 0.25) is 0 Å². The molecule has 1 aliphatic heterocycles. The van der Waals surface area contributed by atoms with Crippen LogP contribution < -0.4 is 16.0 Å². The Labute approximate surface area is 224 Å². The number of carbonyl (C=O) groups excluding carboxylic acids is 1. The molecule has 0 radical (unpaired) electrons. The molecule has 5 rings (SSSR count). The number of amides is 1. The fourth-order valence-corrected chi connectivity index (χ4v) is 5.43. The molecule has 1 aliphatic rings. The van der Waals surface area contributed by atoms with Gasteiger partial charge < -0.3 is 16.0 Å². The summed E-state index contributed by atoms with van der Waals surface area (Å²) in [5.74, 6) is -3.01. The number of nitrogens with one attached hydrogen (secondary N) is 1. The molecule has 0 aliphatic carbocycles. The largest absolute Gasteiger partial charge is 0.349 e. The monoisotopic (exact) mass is 552 g/mol. The van der Waals surface area contributed by atoms with Crippen LogP contribution in [0.3, 0.4) is 0 Å². The normalized spacial score (nSPS) is 16.9. The second-order valence-corrected chi connectivity index (χ2v) is 11.6. The first-order chi connectivity index (χ1) is 18.4. The maximum absolute atomic E-state index is 13.9. The molecule has 1 saturated heterocycles. The van der Waals surface area contributed by atoms with E-state index in [0.717, 1.165) is 11.6 Å². The van der Waals surface area contributed by atoms with Gasteiger partial charge in [0.15, 0.2) is 9.84 Å². The number of carbonyl (C=O) groups is 1. The van der Waals surface area contributed by atoms with Gasteiger partial charge in [-0.25, -0.2) is 27.2 Å². The average Bonchev–Trinajstić information content (AvgIpc) is 3.18. The summed E-state index contributed by atoms with van der Waals surface area (Å²) in [7, 11) is -3.47. The number of halogens is 2. The highest BCUT2D eigenvalue weighted by Crippen LogP contribution is 2.30. The molecule has 12 heteroatoms. The van der Waals surface area contributed by atoms with Crippen LogP contribution in [0.25, 0.3) is 22.3 Å². The molecule has 0 unspecified atom stereocenters. The minimum Gasteiger partial charge on any atom is -0.349 e. The van der Waals surface area contributed by atoms with Gasteiger partial charge in [0.2, 0.25) is 0 Å². The van der Waals surface area contributed by atoms with Crippen molar-refractivity contribution in [2.45, 2.75) is 30.3 Å². The first-order valence-electron chi connectivity index (χ1n) is 12.1. The lowest BCUT2D eigenvalue weighted by Gasteiger charge is -2.17. The fraction of sp³-hybridized carbons (Fsp3) is 0.259. The molecule has 0 saturated carbocycles. The number of nitrogens with two attached hydrogens (primary N) is 1. The topological polar surface area (TPSA) is 131 Å². The number of hydrogen-bond acceptors (Lipinski definition) is 8. The average molecular weight is 553 g/mol. The lowest BCUT2D eigenvalue weighted by atomic mass is 10.1. The SMILES string of the molecule is Cc1ccc(C(=O)NCc2cc3nc(-c4cccc(N5C[C@H](N)C(F)(F)C5)n4)ccc3cn2)cc1S(C)(=O)=O. The number of anilines is 1. The summed E-state index contributed by atoms with van der Waals surface area (Å²) in [4.78, 5) is 27.9. The van der Waals surface area contributed by atoms with Crippen molar-refractivity contribution in [1.29, 1.82) is 0 Å². The summed E-state index contributed by atoms with van der Waals surface area (Å²) in [5, 5.41) is 3.53. The predicted molar refractivity (Wildman–Crippen MR) is 143 cm³/mol. The molecular weight excluding hydrogens is 526 g/mol. The number of aryl methyl sites for hydroxylation is 1. The van der Waals surface area contributed by atoms with Crippen LogP contribution in [0.15, 0.2) is 65.7 Å².